The Labute approximate surface area is 79.2 Å². The Balaban J connectivity index is 2.72. The lowest BCUT2D eigenvalue weighted by Gasteiger charge is -2.36. The molecule has 0 spiro atoms. The van der Waals surface area contributed by atoms with Crippen LogP contribution < -0.4 is 5.32 Å². The van der Waals surface area contributed by atoms with Gasteiger partial charge in [0.15, 0.2) is 5.60 Å². The van der Waals surface area contributed by atoms with E-state index >= 15 is 0 Å². The highest BCUT2D eigenvalue weighted by molar-refractivity contribution is 5.85. The molecule has 4 heteroatoms. The van der Waals surface area contributed by atoms with Crippen LogP contribution in [-0.2, 0) is 9.53 Å². The largest absolute Gasteiger partial charge is 0.367 e. The van der Waals surface area contributed by atoms with E-state index in [9.17, 15) is 4.79 Å². The van der Waals surface area contributed by atoms with E-state index in [4.69, 9.17) is 4.74 Å². The van der Waals surface area contributed by atoms with Crippen LogP contribution >= 0.6 is 0 Å². The average molecular weight is 186 g/mol. The third-order valence-corrected chi connectivity index (χ3v) is 2.53. The summed E-state index contributed by atoms with van der Waals surface area (Å²) in [5, 5.41) is 3.19. The Hall–Kier alpha value is -0.610. The number of methoxy groups -OCH3 is 1. The smallest absolute Gasteiger partial charge is 0.255 e. The van der Waals surface area contributed by atoms with Gasteiger partial charge < -0.3 is 15.0 Å². The Bertz CT molecular complexity index is 186. The number of likely N-dealkylation sites (N-methyl/N-ethyl adjacent to an activating group) is 1. The van der Waals surface area contributed by atoms with Gasteiger partial charge in [0.2, 0.25) is 0 Å². The third-order valence-electron chi connectivity index (χ3n) is 2.53. The number of nitrogens with one attached hydrogen (secondary N) is 1. The lowest BCUT2D eigenvalue weighted by Crippen LogP contribution is -2.56. The fourth-order valence-corrected chi connectivity index (χ4v) is 1.73. The van der Waals surface area contributed by atoms with Gasteiger partial charge in [0.05, 0.1) is 0 Å². The first kappa shape index (κ1) is 10.5. The standard InChI is InChI=1S/C9H18N2O2/c1-11(2)8(12)9(13-3)5-4-6-10-7-9/h10H,4-7H2,1-3H3. The van der Waals surface area contributed by atoms with Gasteiger partial charge >= 0.3 is 0 Å². The lowest BCUT2D eigenvalue weighted by molar-refractivity contribution is -0.154. The summed E-state index contributed by atoms with van der Waals surface area (Å²) in [6, 6.07) is 0. The molecule has 13 heavy (non-hydrogen) atoms. The zero-order valence-electron chi connectivity index (χ0n) is 8.59. The molecule has 0 saturated carbocycles. The van der Waals surface area contributed by atoms with Crippen molar-refractivity contribution in [2.45, 2.75) is 18.4 Å². The van der Waals surface area contributed by atoms with Crippen LogP contribution in [0.5, 0.6) is 0 Å². The molecule has 1 N–H and O–H groups in total. The average Bonchev–Trinajstić information content (AvgIpc) is 2.17. The number of piperidine rings is 1. The first-order valence-electron chi connectivity index (χ1n) is 4.60. The minimum atomic E-state index is -0.623. The van der Waals surface area contributed by atoms with Gasteiger partial charge in [0.25, 0.3) is 5.91 Å². The molecule has 4 nitrogen and oxygen atoms in total. The summed E-state index contributed by atoms with van der Waals surface area (Å²) in [7, 11) is 5.13. The van der Waals surface area contributed by atoms with Crippen molar-refractivity contribution in [3.05, 3.63) is 0 Å². The van der Waals surface area contributed by atoms with Crippen LogP contribution in [0.15, 0.2) is 0 Å². The van der Waals surface area contributed by atoms with Crippen molar-refractivity contribution < 1.29 is 9.53 Å². The van der Waals surface area contributed by atoms with Crippen molar-refractivity contribution in [2.75, 3.05) is 34.3 Å². The van der Waals surface area contributed by atoms with E-state index in [1.807, 2.05) is 0 Å². The van der Waals surface area contributed by atoms with Gasteiger partial charge in [-0.3, -0.25) is 4.79 Å². The topological polar surface area (TPSA) is 41.6 Å². The summed E-state index contributed by atoms with van der Waals surface area (Å²) >= 11 is 0. The monoisotopic (exact) mass is 186 g/mol. The Morgan fingerprint density at radius 2 is 2.23 bits per heavy atom. The maximum atomic E-state index is 11.8. The van der Waals surface area contributed by atoms with Crippen molar-refractivity contribution in [1.29, 1.82) is 0 Å². The molecule has 1 rings (SSSR count). The number of nitrogens with zero attached hydrogens (tertiary/aromatic N) is 1. The van der Waals surface area contributed by atoms with Gasteiger partial charge in [-0.05, 0) is 19.4 Å². The second kappa shape index (κ2) is 4.07. The quantitative estimate of drug-likeness (QED) is 0.651. The first-order valence-corrected chi connectivity index (χ1v) is 4.60. The van der Waals surface area contributed by atoms with Crippen molar-refractivity contribution in [3.63, 3.8) is 0 Å². The molecular formula is C9H18N2O2. The number of amides is 1. The molecular weight excluding hydrogens is 168 g/mol. The summed E-state index contributed by atoms with van der Waals surface area (Å²) in [5.41, 5.74) is -0.623. The maximum absolute atomic E-state index is 11.8. The first-order chi connectivity index (χ1) is 6.12. The number of hydrogen-bond acceptors (Lipinski definition) is 3. The molecule has 0 bridgehead atoms. The number of carbonyl (C=O) groups is 1. The lowest BCUT2D eigenvalue weighted by atomic mass is 9.92. The second-order valence-corrected chi connectivity index (χ2v) is 3.68. The maximum Gasteiger partial charge on any atom is 0.255 e. The van der Waals surface area contributed by atoms with Crippen molar-refractivity contribution in [3.8, 4) is 0 Å². The number of hydrogen-bond donors (Lipinski definition) is 1. The molecule has 76 valence electrons. The molecule has 1 atom stereocenters. The van der Waals surface area contributed by atoms with Gasteiger partial charge in [0.1, 0.15) is 0 Å². The molecule has 0 aliphatic carbocycles. The molecule has 0 radical (unpaired) electrons. The fraction of sp³-hybridized carbons (Fsp3) is 0.889. The normalized spacial score (nSPS) is 28.5. The number of carbonyl (C=O) groups excluding carboxylic acids is 1. The zero-order valence-corrected chi connectivity index (χ0v) is 8.59. The predicted molar refractivity (Wildman–Crippen MR) is 50.5 cm³/mol. The van der Waals surface area contributed by atoms with Crippen LogP contribution in [0, 0.1) is 0 Å². The Kier molecular flexibility index (Phi) is 3.27. The molecule has 1 aliphatic rings. The van der Waals surface area contributed by atoms with E-state index in [2.05, 4.69) is 5.32 Å². The minimum absolute atomic E-state index is 0.0576. The van der Waals surface area contributed by atoms with Gasteiger partial charge in [-0.25, -0.2) is 0 Å². The Morgan fingerprint density at radius 1 is 1.54 bits per heavy atom. The molecule has 0 aromatic carbocycles. The summed E-state index contributed by atoms with van der Waals surface area (Å²) < 4.78 is 5.35. The Morgan fingerprint density at radius 3 is 2.62 bits per heavy atom. The fourth-order valence-electron chi connectivity index (χ4n) is 1.73. The molecule has 1 aliphatic heterocycles. The highest BCUT2D eigenvalue weighted by Gasteiger charge is 2.40. The van der Waals surface area contributed by atoms with Crippen LogP contribution in [0.4, 0.5) is 0 Å². The highest BCUT2D eigenvalue weighted by Crippen LogP contribution is 2.21. The molecule has 1 fully saturated rings. The summed E-state index contributed by atoms with van der Waals surface area (Å²) in [6.45, 7) is 1.60. The van der Waals surface area contributed by atoms with Crippen LogP contribution in [0.1, 0.15) is 12.8 Å². The number of ether oxygens (including phenoxy) is 1. The van der Waals surface area contributed by atoms with Crippen LogP contribution in [-0.4, -0.2) is 50.7 Å². The summed E-state index contributed by atoms with van der Waals surface area (Å²) in [5.74, 6) is 0.0576. The van der Waals surface area contributed by atoms with E-state index in [1.54, 1.807) is 26.1 Å². The molecule has 1 unspecified atom stereocenters. The van der Waals surface area contributed by atoms with Crippen LogP contribution in [0.2, 0.25) is 0 Å². The minimum Gasteiger partial charge on any atom is -0.367 e. The van der Waals surface area contributed by atoms with Crippen molar-refractivity contribution in [2.24, 2.45) is 0 Å². The van der Waals surface area contributed by atoms with Crippen LogP contribution in [0.3, 0.4) is 0 Å². The van der Waals surface area contributed by atoms with E-state index in [-0.39, 0.29) is 5.91 Å². The predicted octanol–water partition coefficient (Wildman–Crippen LogP) is -0.157. The van der Waals surface area contributed by atoms with E-state index in [0.29, 0.717) is 6.54 Å². The van der Waals surface area contributed by atoms with Gasteiger partial charge in [-0.2, -0.15) is 0 Å². The van der Waals surface area contributed by atoms with E-state index in [1.165, 1.54) is 0 Å². The van der Waals surface area contributed by atoms with Crippen molar-refractivity contribution >= 4 is 5.91 Å². The van der Waals surface area contributed by atoms with Crippen molar-refractivity contribution in [1.82, 2.24) is 10.2 Å². The summed E-state index contributed by atoms with van der Waals surface area (Å²) in [4.78, 5) is 13.4. The third kappa shape index (κ3) is 2.00. The second-order valence-electron chi connectivity index (χ2n) is 3.68. The molecule has 0 aromatic rings. The van der Waals surface area contributed by atoms with E-state index in [0.717, 1.165) is 19.4 Å². The van der Waals surface area contributed by atoms with Gasteiger partial charge in [-0.15, -0.1) is 0 Å². The van der Waals surface area contributed by atoms with Gasteiger partial charge in [0, 0.05) is 27.7 Å². The van der Waals surface area contributed by atoms with E-state index < -0.39 is 5.60 Å². The van der Waals surface area contributed by atoms with Gasteiger partial charge in [-0.1, -0.05) is 0 Å². The highest BCUT2D eigenvalue weighted by atomic mass is 16.5. The SMILES string of the molecule is COC1(C(=O)N(C)C)CCCNC1. The number of rotatable bonds is 2. The summed E-state index contributed by atoms with van der Waals surface area (Å²) in [6.07, 6.45) is 1.81. The molecule has 1 amide bonds. The molecule has 1 saturated heterocycles. The van der Waals surface area contributed by atoms with Crippen LogP contribution in [0.25, 0.3) is 0 Å². The zero-order chi connectivity index (χ0) is 9.90. The molecule has 1 heterocycles. The molecule has 0 aromatic heterocycles.